The van der Waals surface area contributed by atoms with Gasteiger partial charge in [0, 0.05) is 19.3 Å². The summed E-state index contributed by atoms with van der Waals surface area (Å²) in [6.07, 6.45) is 3.38. The van der Waals surface area contributed by atoms with Gasteiger partial charge in [0.05, 0.1) is 18.3 Å². The van der Waals surface area contributed by atoms with Gasteiger partial charge in [-0.05, 0) is 12.1 Å². The van der Waals surface area contributed by atoms with E-state index in [1.807, 2.05) is 37.3 Å². The molecule has 0 saturated carbocycles. The van der Waals surface area contributed by atoms with E-state index >= 15 is 0 Å². The van der Waals surface area contributed by atoms with Crippen molar-refractivity contribution >= 4 is 5.91 Å². The fourth-order valence-electron chi connectivity index (χ4n) is 1.88. The standard InChI is InChI=1S/C15H20N4O/c1-2-16-8-9-17-15(20)14-10-18-19(12-14)11-13-6-4-3-5-7-13/h3-7,10,12,16H,2,8-9,11H2,1H3,(H,17,20). The number of rotatable bonds is 7. The molecule has 0 aliphatic rings. The van der Waals surface area contributed by atoms with Gasteiger partial charge >= 0.3 is 0 Å². The number of hydrogen-bond acceptors (Lipinski definition) is 3. The predicted octanol–water partition coefficient (Wildman–Crippen LogP) is 1.27. The van der Waals surface area contributed by atoms with Crippen LogP contribution in [-0.4, -0.2) is 35.3 Å². The first-order valence-corrected chi connectivity index (χ1v) is 6.85. The van der Waals surface area contributed by atoms with Crippen LogP contribution in [-0.2, 0) is 6.54 Å². The van der Waals surface area contributed by atoms with Crippen LogP contribution in [0.4, 0.5) is 0 Å². The number of benzene rings is 1. The van der Waals surface area contributed by atoms with Gasteiger partial charge in [-0.15, -0.1) is 0 Å². The van der Waals surface area contributed by atoms with Gasteiger partial charge in [-0.3, -0.25) is 9.48 Å². The average molecular weight is 272 g/mol. The van der Waals surface area contributed by atoms with Gasteiger partial charge in [0.15, 0.2) is 0 Å². The highest BCUT2D eigenvalue weighted by Crippen LogP contribution is 2.03. The van der Waals surface area contributed by atoms with Crippen LogP contribution in [0.2, 0.25) is 0 Å². The number of amides is 1. The molecule has 0 bridgehead atoms. The lowest BCUT2D eigenvalue weighted by atomic mass is 10.2. The van der Waals surface area contributed by atoms with Crippen molar-refractivity contribution in [3.63, 3.8) is 0 Å². The molecule has 0 unspecified atom stereocenters. The van der Waals surface area contributed by atoms with Gasteiger partial charge in [-0.2, -0.15) is 5.10 Å². The monoisotopic (exact) mass is 272 g/mol. The third-order valence-electron chi connectivity index (χ3n) is 2.92. The van der Waals surface area contributed by atoms with Crippen molar-refractivity contribution in [2.24, 2.45) is 0 Å². The molecule has 2 rings (SSSR count). The minimum Gasteiger partial charge on any atom is -0.351 e. The summed E-state index contributed by atoms with van der Waals surface area (Å²) in [6, 6.07) is 10.0. The zero-order valence-corrected chi connectivity index (χ0v) is 11.7. The maximum Gasteiger partial charge on any atom is 0.254 e. The molecule has 0 fully saturated rings. The molecular formula is C15H20N4O. The molecule has 0 radical (unpaired) electrons. The minimum atomic E-state index is -0.0813. The Bertz CT molecular complexity index is 536. The highest BCUT2D eigenvalue weighted by molar-refractivity contribution is 5.93. The van der Waals surface area contributed by atoms with Gasteiger partial charge in [0.25, 0.3) is 5.91 Å². The van der Waals surface area contributed by atoms with E-state index < -0.39 is 0 Å². The van der Waals surface area contributed by atoms with Crippen molar-refractivity contribution in [1.29, 1.82) is 0 Å². The van der Waals surface area contributed by atoms with E-state index in [-0.39, 0.29) is 5.91 Å². The van der Waals surface area contributed by atoms with Crippen LogP contribution in [0.5, 0.6) is 0 Å². The van der Waals surface area contributed by atoms with E-state index in [9.17, 15) is 4.79 Å². The number of hydrogen-bond donors (Lipinski definition) is 2. The summed E-state index contributed by atoms with van der Waals surface area (Å²) in [7, 11) is 0. The fourth-order valence-corrected chi connectivity index (χ4v) is 1.88. The summed E-state index contributed by atoms with van der Waals surface area (Å²) < 4.78 is 1.77. The van der Waals surface area contributed by atoms with Crippen LogP contribution in [0, 0.1) is 0 Å². The number of carbonyl (C=O) groups excluding carboxylic acids is 1. The number of likely N-dealkylation sites (N-methyl/N-ethyl adjacent to an activating group) is 1. The third kappa shape index (κ3) is 4.20. The summed E-state index contributed by atoms with van der Waals surface area (Å²) in [5, 5.41) is 10.2. The van der Waals surface area contributed by atoms with Gasteiger partial charge in [0.2, 0.25) is 0 Å². The van der Waals surface area contributed by atoms with E-state index in [1.54, 1.807) is 17.1 Å². The number of nitrogens with zero attached hydrogens (tertiary/aromatic N) is 2. The first kappa shape index (κ1) is 14.3. The molecule has 5 nitrogen and oxygen atoms in total. The van der Waals surface area contributed by atoms with Gasteiger partial charge in [0.1, 0.15) is 0 Å². The first-order chi connectivity index (χ1) is 9.79. The quantitative estimate of drug-likeness (QED) is 0.746. The maximum absolute atomic E-state index is 11.9. The van der Waals surface area contributed by atoms with Crippen LogP contribution >= 0.6 is 0 Å². The van der Waals surface area contributed by atoms with Crippen LogP contribution in [0.1, 0.15) is 22.8 Å². The molecule has 0 aliphatic carbocycles. The summed E-state index contributed by atoms with van der Waals surface area (Å²) in [5.74, 6) is -0.0813. The normalized spacial score (nSPS) is 10.4. The minimum absolute atomic E-state index is 0.0813. The Morgan fingerprint density at radius 1 is 1.25 bits per heavy atom. The average Bonchev–Trinajstić information content (AvgIpc) is 2.93. The SMILES string of the molecule is CCNCCNC(=O)c1cnn(Cc2ccccc2)c1. The Morgan fingerprint density at radius 2 is 2.05 bits per heavy atom. The molecule has 0 saturated heterocycles. The van der Waals surface area contributed by atoms with Crippen molar-refractivity contribution in [3.05, 3.63) is 53.9 Å². The molecule has 2 aromatic rings. The highest BCUT2D eigenvalue weighted by atomic mass is 16.1. The molecule has 1 heterocycles. The number of carbonyl (C=O) groups is 1. The molecule has 1 aromatic heterocycles. The van der Waals surface area contributed by atoms with Gasteiger partial charge in [-0.1, -0.05) is 37.3 Å². The number of nitrogens with one attached hydrogen (secondary N) is 2. The lowest BCUT2D eigenvalue weighted by Gasteiger charge is -2.03. The fraction of sp³-hybridized carbons (Fsp3) is 0.333. The summed E-state index contributed by atoms with van der Waals surface area (Å²) >= 11 is 0. The topological polar surface area (TPSA) is 58.9 Å². The van der Waals surface area contributed by atoms with E-state index in [0.29, 0.717) is 18.7 Å². The van der Waals surface area contributed by atoms with Crippen molar-refractivity contribution in [2.45, 2.75) is 13.5 Å². The lowest BCUT2D eigenvalue weighted by molar-refractivity contribution is 0.0954. The van der Waals surface area contributed by atoms with Gasteiger partial charge in [-0.25, -0.2) is 0 Å². The summed E-state index contributed by atoms with van der Waals surface area (Å²) in [5.41, 5.74) is 1.76. The zero-order valence-electron chi connectivity index (χ0n) is 11.7. The van der Waals surface area contributed by atoms with Crippen LogP contribution in [0.15, 0.2) is 42.7 Å². The molecule has 0 atom stereocenters. The predicted molar refractivity (Wildman–Crippen MR) is 78.6 cm³/mol. The Hall–Kier alpha value is -2.14. The Morgan fingerprint density at radius 3 is 2.80 bits per heavy atom. The Kier molecular flexibility index (Phi) is 5.32. The van der Waals surface area contributed by atoms with Gasteiger partial charge < -0.3 is 10.6 Å². The lowest BCUT2D eigenvalue weighted by Crippen LogP contribution is -2.31. The molecule has 5 heteroatoms. The van der Waals surface area contributed by atoms with E-state index in [2.05, 4.69) is 15.7 Å². The second-order valence-corrected chi connectivity index (χ2v) is 4.52. The summed E-state index contributed by atoms with van der Waals surface area (Å²) in [4.78, 5) is 11.9. The Balaban J connectivity index is 1.87. The van der Waals surface area contributed by atoms with Crippen molar-refractivity contribution in [3.8, 4) is 0 Å². The van der Waals surface area contributed by atoms with Crippen LogP contribution < -0.4 is 10.6 Å². The molecule has 1 aromatic carbocycles. The van der Waals surface area contributed by atoms with Crippen LogP contribution in [0.25, 0.3) is 0 Å². The molecule has 1 amide bonds. The van der Waals surface area contributed by atoms with Crippen molar-refractivity contribution in [1.82, 2.24) is 20.4 Å². The molecule has 0 aliphatic heterocycles. The summed E-state index contributed by atoms with van der Waals surface area (Å²) in [6.45, 7) is 5.02. The molecule has 2 N–H and O–H groups in total. The maximum atomic E-state index is 11.9. The number of aromatic nitrogens is 2. The van der Waals surface area contributed by atoms with E-state index in [0.717, 1.165) is 18.7 Å². The van der Waals surface area contributed by atoms with Crippen LogP contribution in [0.3, 0.4) is 0 Å². The Labute approximate surface area is 119 Å². The van der Waals surface area contributed by atoms with E-state index in [1.165, 1.54) is 0 Å². The second kappa shape index (κ2) is 7.45. The largest absolute Gasteiger partial charge is 0.351 e. The first-order valence-electron chi connectivity index (χ1n) is 6.85. The zero-order chi connectivity index (χ0) is 14.2. The third-order valence-corrected chi connectivity index (χ3v) is 2.92. The molecular weight excluding hydrogens is 252 g/mol. The molecule has 106 valence electrons. The smallest absolute Gasteiger partial charge is 0.254 e. The second-order valence-electron chi connectivity index (χ2n) is 4.52. The van der Waals surface area contributed by atoms with Crippen molar-refractivity contribution < 1.29 is 4.79 Å². The van der Waals surface area contributed by atoms with Crippen molar-refractivity contribution in [2.75, 3.05) is 19.6 Å². The molecule has 0 spiro atoms. The molecule has 20 heavy (non-hydrogen) atoms. The highest BCUT2D eigenvalue weighted by Gasteiger charge is 2.07. The van der Waals surface area contributed by atoms with E-state index in [4.69, 9.17) is 0 Å².